The second-order valence-corrected chi connectivity index (χ2v) is 3.68. The summed E-state index contributed by atoms with van der Waals surface area (Å²) >= 11 is 0. The summed E-state index contributed by atoms with van der Waals surface area (Å²) in [5.41, 5.74) is 5.62. The van der Waals surface area contributed by atoms with Gasteiger partial charge in [-0.25, -0.2) is 0 Å². The molecule has 1 amide bonds. The topological polar surface area (TPSA) is 75.8 Å². The molecule has 3 N–H and O–H groups in total. The Labute approximate surface area is 83.8 Å². The minimum Gasteiger partial charge on any atom is -0.396 e. The van der Waals surface area contributed by atoms with Gasteiger partial charge in [0.15, 0.2) is 0 Å². The van der Waals surface area contributed by atoms with Gasteiger partial charge in [-0.15, -0.1) is 0 Å². The molecule has 0 aromatic carbocycles. The van der Waals surface area contributed by atoms with Gasteiger partial charge in [-0.05, 0) is 6.42 Å². The van der Waals surface area contributed by atoms with Crippen LogP contribution in [0.1, 0.15) is 6.42 Å². The predicted molar refractivity (Wildman–Crippen MR) is 51.6 cm³/mol. The number of ether oxygens (including phenoxy) is 1. The van der Waals surface area contributed by atoms with Crippen LogP contribution in [0.5, 0.6) is 0 Å². The van der Waals surface area contributed by atoms with E-state index in [0.717, 1.165) is 6.42 Å². The lowest BCUT2D eigenvalue weighted by Crippen LogP contribution is -2.45. The SMILES string of the molecule is COCC(N)C(=O)N1CCC(CO)C1. The molecule has 0 radical (unpaired) electrons. The van der Waals surface area contributed by atoms with Crippen LogP contribution in [0.3, 0.4) is 0 Å². The molecule has 1 aliphatic rings. The van der Waals surface area contributed by atoms with Crippen LogP contribution in [-0.4, -0.2) is 55.4 Å². The van der Waals surface area contributed by atoms with Gasteiger partial charge in [0.05, 0.1) is 6.61 Å². The number of hydrogen-bond acceptors (Lipinski definition) is 4. The molecule has 1 saturated heterocycles. The fourth-order valence-electron chi connectivity index (χ4n) is 1.67. The third-order valence-corrected chi connectivity index (χ3v) is 2.52. The molecular formula is C9H18N2O3. The third-order valence-electron chi connectivity index (χ3n) is 2.52. The quantitative estimate of drug-likeness (QED) is 0.600. The molecule has 0 bridgehead atoms. The molecule has 2 unspecified atom stereocenters. The van der Waals surface area contributed by atoms with Crippen molar-refractivity contribution in [3.05, 3.63) is 0 Å². The van der Waals surface area contributed by atoms with Crippen LogP contribution >= 0.6 is 0 Å². The summed E-state index contributed by atoms with van der Waals surface area (Å²) < 4.78 is 4.82. The largest absolute Gasteiger partial charge is 0.396 e. The molecule has 0 saturated carbocycles. The monoisotopic (exact) mass is 202 g/mol. The van der Waals surface area contributed by atoms with Crippen LogP contribution in [0, 0.1) is 5.92 Å². The summed E-state index contributed by atoms with van der Waals surface area (Å²) in [7, 11) is 1.52. The fourth-order valence-corrected chi connectivity index (χ4v) is 1.67. The first-order chi connectivity index (χ1) is 6.69. The number of aliphatic hydroxyl groups is 1. The molecule has 1 rings (SSSR count). The smallest absolute Gasteiger partial charge is 0.241 e. The van der Waals surface area contributed by atoms with Gasteiger partial charge in [-0.3, -0.25) is 4.79 Å². The standard InChI is InChI=1S/C9H18N2O3/c1-14-6-8(10)9(13)11-3-2-7(4-11)5-12/h7-8,12H,2-6,10H2,1H3. The second kappa shape index (κ2) is 5.29. The van der Waals surface area contributed by atoms with Crippen molar-refractivity contribution in [3.63, 3.8) is 0 Å². The highest BCUT2D eigenvalue weighted by molar-refractivity contribution is 5.82. The van der Waals surface area contributed by atoms with E-state index in [2.05, 4.69) is 0 Å². The van der Waals surface area contributed by atoms with Gasteiger partial charge in [-0.2, -0.15) is 0 Å². The Hall–Kier alpha value is -0.650. The maximum absolute atomic E-state index is 11.6. The van der Waals surface area contributed by atoms with E-state index < -0.39 is 6.04 Å². The molecule has 0 aromatic rings. The number of methoxy groups -OCH3 is 1. The number of hydrogen-bond donors (Lipinski definition) is 2. The molecule has 5 nitrogen and oxygen atoms in total. The van der Waals surface area contributed by atoms with Gasteiger partial charge in [-0.1, -0.05) is 0 Å². The summed E-state index contributed by atoms with van der Waals surface area (Å²) in [6.07, 6.45) is 0.863. The van der Waals surface area contributed by atoms with E-state index in [1.165, 1.54) is 7.11 Å². The normalized spacial score (nSPS) is 23.9. The highest BCUT2D eigenvalue weighted by Crippen LogP contribution is 2.15. The third kappa shape index (κ3) is 2.67. The van der Waals surface area contributed by atoms with Crippen molar-refractivity contribution in [3.8, 4) is 0 Å². The van der Waals surface area contributed by atoms with E-state index in [-0.39, 0.29) is 25.0 Å². The molecule has 82 valence electrons. The van der Waals surface area contributed by atoms with Gasteiger partial charge in [0, 0.05) is 32.7 Å². The minimum atomic E-state index is -0.572. The Morgan fingerprint density at radius 1 is 1.79 bits per heavy atom. The molecule has 0 spiro atoms. The van der Waals surface area contributed by atoms with Crippen molar-refractivity contribution in [1.29, 1.82) is 0 Å². The second-order valence-electron chi connectivity index (χ2n) is 3.68. The molecule has 5 heteroatoms. The van der Waals surface area contributed by atoms with E-state index in [4.69, 9.17) is 15.6 Å². The minimum absolute atomic E-state index is 0.0807. The summed E-state index contributed by atoms with van der Waals surface area (Å²) in [5, 5.41) is 8.91. The number of likely N-dealkylation sites (tertiary alicyclic amines) is 1. The Kier molecular flexibility index (Phi) is 4.31. The van der Waals surface area contributed by atoms with Crippen molar-refractivity contribution in [2.75, 3.05) is 33.4 Å². The van der Waals surface area contributed by atoms with Crippen molar-refractivity contribution < 1.29 is 14.6 Å². The average Bonchev–Trinajstić information content (AvgIpc) is 2.65. The first-order valence-corrected chi connectivity index (χ1v) is 4.83. The van der Waals surface area contributed by atoms with Gasteiger partial charge in [0.1, 0.15) is 6.04 Å². The molecule has 1 heterocycles. The summed E-state index contributed by atoms with van der Waals surface area (Å²) in [5.74, 6) is 0.136. The van der Waals surface area contributed by atoms with Crippen molar-refractivity contribution >= 4 is 5.91 Å². The van der Waals surface area contributed by atoms with Crippen molar-refractivity contribution in [2.45, 2.75) is 12.5 Å². The molecule has 14 heavy (non-hydrogen) atoms. The Morgan fingerprint density at radius 3 is 3.00 bits per heavy atom. The highest BCUT2D eigenvalue weighted by Gasteiger charge is 2.28. The van der Waals surface area contributed by atoms with Crippen LogP contribution in [-0.2, 0) is 9.53 Å². The van der Waals surface area contributed by atoms with Crippen molar-refractivity contribution in [2.24, 2.45) is 11.7 Å². The van der Waals surface area contributed by atoms with E-state index in [1.54, 1.807) is 4.90 Å². The van der Waals surface area contributed by atoms with E-state index in [1.807, 2.05) is 0 Å². The van der Waals surface area contributed by atoms with Crippen LogP contribution in [0.4, 0.5) is 0 Å². The number of rotatable bonds is 4. The van der Waals surface area contributed by atoms with Gasteiger partial charge in [0.25, 0.3) is 0 Å². The zero-order valence-corrected chi connectivity index (χ0v) is 8.48. The van der Waals surface area contributed by atoms with Crippen LogP contribution < -0.4 is 5.73 Å². The van der Waals surface area contributed by atoms with Gasteiger partial charge < -0.3 is 20.5 Å². The summed E-state index contributed by atoms with van der Waals surface area (Å²) in [6, 6.07) is -0.572. The Morgan fingerprint density at radius 2 is 2.50 bits per heavy atom. The average molecular weight is 202 g/mol. The van der Waals surface area contributed by atoms with Crippen LogP contribution in [0.25, 0.3) is 0 Å². The lowest BCUT2D eigenvalue weighted by Gasteiger charge is -2.20. The predicted octanol–water partition coefficient (Wildman–Crippen LogP) is -1.20. The fraction of sp³-hybridized carbons (Fsp3) is 0.889. The summed E-state index contributed by atoms with van der Waals surface area (Å²) in [6.45, 7) is 1.71. The first-order valence-electron chi connectivity index (χ1n) is 4.83. The molecular weight excluding hydrogens is 184 g/mol. The lowest BCUT2D eigenvalue weighted by atomic mass is 10.1. The number of amides is 1. The van der Waals surface area contributed by atoms with E-state index >= 15 is 0 Å². The molecule has 0 aromatic heterocycles. The van der Waals surface area contributed by atoms with Gasteiger partial charge in [0.2, 0.25) is 5.91 Å². The zero-order chi connectivity index (χ0) is 10.6. The van der Waals surface area contributed by atoms with Crippen LogP contribution in [0.15, 0.2) is 0 Å². The van der Waals surface area contributed by atoms with Crippen molar-refractivity contribution in [1.82, 2.24) is 4.90 Å². The van der Waals surface area contributed by atoms with Gasteiger partial charge >= 0.3 is 0 Å². The maximum atomic E-state index is 11.6. The maximum Gasteiger partial charge on any atom is 0.241 e. The first kappa shape index (κ1) is 11.4. The number of carbonyl (C=O) groups excluding carboxylic acids is 1. The Balaban J connectivity index is 2.38. The molecule has 1 fully saturated rings. The summed E-state index contributed by atoms with van der Waals surface area (Å²) in [4.78, 5) is 13.3. The number of nitrogens with zero attached hydrogens (tertiary/aromatic N) is 1. The molecule has 1 aliphatic heterocycles. The Bertz CT molecular complexity index is 198. The molecule has 0 aliphatic carbocycles. The highest BCUT2D eigenvalue weighted by atomic mass is 16.5. The molecule has 2 atom stereocenters. The van der Waals surface area contributed by atoms with E-state index in [0.29, 0.717) is 13.1 Å². The van der Waals surface area contributed by atoms with Crippen LogP contribution in [0.2, 0.25) is 0 Å². The number of aliphatic hydroxyl groups excluding tert-OH is 1. The number of carbonyl (C=O) groups is 1. The number of nitrogens with two attached hydrogens (primary N) is 1. The lowest BCUT2D eigenvalue weighted by molar-refractivity contribution is -0.132. The zero-order valence-electron chi connectivity index (χ0n) is 8.48. The van der Waals surface area contributed by atoms with E-state index in [9.17, 15) is 4.79 Å².